The second kappa shape index (κ2) is 9.04. The highest BCUT2D eigenvalue weighted by molar-refractivity contribution is 7.89. The van der Waals surface area contributed by atoms with Crippen LogP contribution in [0.2, 0.25) is 0 Å². The molecule has 1 saturated heterocycles. The number of sulfonamides is 1. The maximum atomic E-state index is 13.1. The van der Waals surface area contributed by atoms with Crippen LogP contribution >= 0.6 is 11.3 Å². The molecule has 3 aromatic rings. The van der Waals surface area contributed by atoms with Crippen molar-refractivity contribution in [1.29, 1.82) is 0 Å². The summed E-state index contributed by atoms with van der Waals surface area (Å²) in [4.78, 5) is 28.7. The van der Waals surface area contributed by atoms with Crippen molar-refractivity contribution in [3.63, 3.8) is 0 Å². The first-order chi connectivity index (χ1) is 15.8. The lowest BCUT2D eigenvalue weighted by Crippen LogP contribution is -2.50. The Kier molecular flexibility index (Phi) is 6.32. The van der Waals surface area contributed by atoms with Crippen molar-refractivity contribution in [2.75, 3.05) is 47.5 Å². The van der Waals surface area contributed by atoms with Gasteiger partial charge in [0.2, 0.25) is 15.8 Å². The van der Waals surface area contributed by atoms with Crippen LogP contribution in [0, 0.1) is 0 Å². The van der Waals surface area contributed by atoms with Gasteiger partial charge in [-0.05, 0) is 30.3 Å². The number of piperazine rings is 1. The molecule has 0 bridgehead atoms. The predicted octanol–water partition coefficient (Wildman–Crippen LogP) is 1.76. The fraction of sp³-hybridized carbons (Fsp3) is 0.333. The highest BCUT2D eigenvalue weighted by Gasteiger charge is 2.31. The van der Waals surface area contributed by atoms with Gasteiger partial charge < -0.3 is 24.1 Å². The van der Waals surface area contributed by atoms with Crippen LogP contribution in [0.3, 0.4) is 0 Å². The molecular weight excluding hydrogens is 470 g/mol. The number of rotatable bonds is 6. The highest BCUT2D eigenvalue weighted by Crippen LogP contribution is 2.38. The number of carbonyl (C=O) groups is 1. The van der Waals surface area contributed by atoms with Crippen LogP contribution in [0.1, 0.15) is 10.4 Å². The van der Waals surface area contributed by atoms with Gasteiger partial charge in [-0.25, -0.2) is 8.42 Å². The van der Waals surface area contributed by atoms with E-state index in [2.05, 4.69) is 4.98 Å². The number of ether oxygens (including phenoxy) is 3. The summed E-state index contributed by atoms with van der Waals surface area (Å²) in [5.41, 5.74) is 0.957. The molecule has 10 nitrogen and oxygen atoms in total. The van der Waals surface area contributed by atoms with E-state index in [9.17, 15) is 18.0 Å². The predicted molar refractivity (Wildman–Crippen MR) is 123 cm³/mol. The first-order valence-corrected chi connectivity index (χ1v) is 12.3. The number of carbonyl (C=O) groups excluding carboxylic acids is 1. The molecule has 2 aromatic carbocycles. The van der Waals surface area contributed by atoms with Gasteiger partial charge in [0.15, 0.2) is 11.5 Å². The van der Waals surface area contributed by atoms with E-state index in [4.69, 9.17) is 14.2 Å². The van der Waals surface area contributed by atoms with Crippen molar-refractivity contribution in [1.82, 2.24) is 14.2 Å². The van der Waals surface area contributed by atoms with Crippen molar-refractivity contribution in [3.8, 4) is 17.2 Å². The molecule has 1 aromatic heterocycles. The first kappa shape index (κ1) is 23.1. The van der Waals surface area contributed by atoms with E-state index in [1.807, 2.05) is 0 Å². The summed E-state index contributed by atoms with van der Waals surface area (Å²) >= 11 is 0.963. The second-order valence-corrected chi connectivity index (χ2v) is 10.2. The number of H-pyrrole nitrogens is 1. The molecule has 1 aliphatic heterocycles. The molecule has 1 amide bonds. The lowest BCUT2D eigenvalue weighted by atomic mass is 10.1. The van der Waals surface area contributed by atoms with Gasteiger partial charge in [0, 0.05) is 31.7 Å². The Hall–Kier alpha value is -3.09. The molecule has 0 saturated carbocycles. The smallest absolute Gasteiger partial charge is 0.305 e. The Morgan fingerprint density at radius 1 is 0.970 bits per heavy atom. The molecule has 1 aliphatic rings. The van der Waals surface area contributed by atoms with E-state index in [-0.39, 0.29) is 41.9 Å². The van der Waals surface area contributed by atoms with Gasteiger partial charge in [-0.15, -0.1) is 0 Å². The number of nitrogens with one attached hydrogen (secondary N) is 1. The van der Waals surface area contributed by atoms with Crippen LogP contribution < -0.4 is 19.1 Å². The number of benzene rings is 2. The zero-order valence-corrected chi connectivity index (χ0v) is 19.9. The Balaban J connectivity index is 1.51. The molecule has 12 heteroatoms. The van der Waals surface area contributed by atoms with Gasteiger partial charge in [0.05, 0.1) is 36.4 Å². The van der Waals surface area contributed by atoms with E-state index in [1.54, 1.807) is 23.1 Å². The topological polar surface area (TPSA) is 118 Å². The Morgan fingerprint density at radius 3 is 2.18 bits per heavy atom. The standard InChI is InChI=1S/C21H23N3O7S2/c1-29-16-10-13(11-17(30-2)19(16)31-3)20(25)23-6-8-24(9-7-23)33(27,28)14-4-5-15-18(12-14)32-21(26)22-15/h4-5,10-12H,6-9H2,1-3H3,(H,22,26). The quantitative estimate of drug-likeness (QED) is 0.556. The number of aromatic nitrogens is 1. The van der Waals surface area contributed by atoms with Gasteiger partial charge in [0.25, 0.3) is 5.91 Å². The molecule has 0 unspecified atom stereocenters. The van der Waals surface area contributed by atoms with Crippen molar-refractivity contribution in [2.45, 2.75) is 4.90 Å². The highest BCUT2D eigenvalue weighted by atomic mass is 32.2. The SMILES string of the molecule is COc1cc(C(=O)N2CCN(S(=O)(=O)c3ccc4[nH]c(=O)sc4c3)CC2)cc(OC)c1OC. The summed E-state index contributed by atoms with van der Waals surface area (Å²) in [5.74, 6) is 0.856. The van der Waals surface area contributed by atoms with Crippen LogP contribution in [0.15, 0.2) is 40.0 Å². The minimum absolute atomic E-state index is 0.120. The van der Waals surface area contributed by atoms with Crippen molar-refractivity contribution < 1.29 is 27.4 Å². The van der Waals surface area contributed by atoms with Gasteiger partial charge >= 0.3 is 4.87 Å². The second-order valence-electron chi connectivity index (χ2n) is 7.28. The average Bonchev–Trinajstić information content (AvgIpc) is 3.21. The number of fused-ring (bicyclic) bond motifs is 1. The summed E-state index contributed by atoms with van der Waals surface area (Å²) in [6, 6.07) is 7.72. The number of aromatic amines is 1. The van der Waals surface area contributed by atoms with Crippen molar-refractivity contribution in [3.05, 3.63) is 45.6 Å². The molecule has 1 N–H and O–H groups in total. The molecular formula is C21H23N3O7S2. The van der Waals surface area contributed by atoms with Gasteiger partial charge in [-0.1, -0.05) is 11.3 Å². The van der Waals surface area contributed by atoms with Crippen LogP contribution in [0.5, 0.6) is 17.2 Å². The number of methoxy groups -OCH3 is 3. The minimum atomic E-state index is -3.76. The van der Waals surface area contributed by atoms with E-state index in [1.165, 1.54) is 37.8 Å². The largest absolute Gasteiger partial charge is 0.493 e. The summed E-state index contributed by atoms with van der Waals surface area (Å²) < 4.78 is 44.1. The molecule has 0 atom stereocenters. The van der Waals surface area contributed by atoms with Crippen molar-refractivity contribution in [2.24, 2.45) is 0 Å². The lowest BCUT2D eigenvalue weighted by Gasteiger charge is -2.34. The van der Waals surface area contributed by atoms with Gasteiger partial charge in [-0.3, -0.25) is 9.59 Å². The van der Waals surface area contributed by atoms with E-state index in [0.717, 1.165) is 11.3 Å². The molecule has 33 heavy (non-hydrogen) atoms. The molecule has 0 radical (unpaired) electrons. The number of hydrogen-bond acceptors (Lipinski definition) is 8. The fourth-order valence-corrected chi connectivity index (χ4v) is 6.05. The van der Waals surface area contributed by atoms with Gasteiger partial charge in [-0.2, -0.15) is 4.31 Å². The Morgan fingerprint density at radius 2 is 1.61 bits per heavy atom. The molecule has 2 heterocycles. The summed E-state index contributed by atoms with van der Waals surface area (Å²) in [7, 11) is 0.665. The average molecular weight is 494 g/mol. The minimum Gasteiger partial charge on any atom is -0.493 e. The van der Waals surface area contributed by atoms with E-state index in [0.29, 0.717) is 33.0 Å². The maximum Gasteiger partial charge on any atom is 0.305 e. The maximum absolute atomic E-state index is 13.1. The number of hydrogen-bond donors (Lipinski definition) is 1. The summed E-state index contributed by atoms with van der Waals surface area (Å²) in [6.45, 7) is 0.767. The summed E-state index contributed by atoms with van der Waals surface area (Å²) in [5, 5.41) is 0. The molecule has 0 spiro atoms. The third kappa shape index (κ3) is 4.28. The third-order valence-electron chi connectivity index (χ3n) is 5.47. The third-order valence-corrected chi connectivity index (χ3v) is 8.21. The molecule has 1 fully saturated rings. The Labute approximate surface area is 194 Å². The number of amides is 1. The van der Waals surface area contributed by atoms with E-state index >= 15 is 0 Å². The van der Waals surface area contributed by atoms with Crippen molar-refractivity contribution >= 4 is 37.5 Å². The summed E-state index contributed by atoms with van der Waals surface area (Å²) in [6.07, 6.45) is 0. The van der Waals surface area contributed by atoms with Crippen LogP contribution in [-0.4, -0.2) is 76.0 Å². The molecule has 176 valence electrons. The van der Waals surface area contributed by atoms with E-state index < -0.39 is 10.0 Å². The number of thiazole rings is 1. The zero-order chi connectivity index (χ0) is 23.8. The Bertz CT molecular complexity index is 1330. The number of nitrogens with zero attached hydrogens (tertiary/aromatic N) is 2. The van der Waals surface area contributed by atoms with Gasteiger partial charge in [0.1, 0.15) is 0 Å². The van der Waals surface area contributed by atoms with Crippen LogP contribution in [0.25, 0.3) is 10.2 Å². The molecule has 0 aliphatic carbocycles. The zero-order valence-electron chi connectivity index (χ0n) is 18.3. The monoisotopic (exact) mass is 493 g/mol. The lowest BCUT2D eigenvalue weighted by molar-refractivity contribution is 0.0697. The molecule has 4 rings (SSSR count). The van der Waals surface area contributed by atoms with Crippen LogP contribution in [-0.2, 0) is 10.0 Å². The van der Waals surface area contributed by atoms with Crippen LogP contribution in [0.4, 0.5) is 0 Å². The first-order valence-electron chi connectivity index (χ1n) is 10.0. The fourth-order valence-electron chi connectivity index (χ4n) is 3.75. The normalized spacial score (nSPS) is 14.9.